The van der Waals surface area contributed by atoms with Gasteiger partial charge in [-0.05, 0) is 30.9 Å². The van der Waals surface area contributed by atoms with E-state index in [9.17, 15) is 9.59 Å². The molecule has 1 aromatic carbocycles. The zero-order valence-corrected chi connectivity index (χ0v) is 16.0. The van der Waals surface area contributed by atoms with Crippen molar-refractivity contribution in [3.8, 4) is 0 Å². The van der Waals surface area contributed by atoms with Gasteiger partial charge in [0.2, 0.25) is 11.7 Å². The molecular formula is C20H23N7O2. The van der Waals surface area contributed by atoms with Crippen LogP contribution in [-0.2, 0) is 11.3 Å². The molecule has 1 aromatic heterocycles. The van der Waals surface area contributed by atoms with Crippen LogP contribution in [0.25, 0.3) is 0 Å². The number of hydrazine groups is 1. The van der Waals surface area contributed by atoms with E-state index in [1.807, 2.05) is 24.3 Å². The van der Waals surface area contributed by atoms with E-state index in [0.717, 1.165) is 31.8 Å². The minimum atomic E-state index is -0.477. The lowest BCUT2D eigenvalue weighted by Gasteiger charge is -2.31. The summed E-state index contributed by atoms with van der Waals surface area (Å²) in [5.74, 6) is 0.427. The Kier molecular flexibility index (Phi) is 4.51. The Morgan fingerprint density at radius 2 is 2.03 bits per heavy atom. The van der Waals surface area contributed by atoms with Crippen molar-refractivity contribution in [2.24, 2.45) is 0 Å². The number of amides is 2. The third-order valence-electron chi connectivity index (χ3n) is 5.47. The predicted octanol–water partition coefficient (Wildman–Crippen LogP) is 0.875. The molecule has 3 heterocycles. The molecule has 9 heteroatoms. The van der Waals surface area contributed by atoms with Crippen molar-refractivity contribution in [2.75, 3.05) is 13.1 Å². The Labute approximate surface area is 168 Å². The van der Waals surface area contributed by atoms with Crippen LogP contribution in [0.15, 0.2) is 42.2 Å². The first-order valence-electron chi connectivity index (χ1n) is 9.98. The number of H-pyrrole nitrogens is 1. The lowest BCUT2D eigenvalue weighted by atomic mass is 10.0. The largest absolute Gasteiger partial charge is 0.347 e. The maximum atomic E-state index is 12.8. The topological polar surface area (TPSA) is 106 Å². The summed E-state index contributed by atoms with van der Waals surface area (Å²) in [7, 11) is 0. The van der Waals surface area contributed by atoms with E-state index < -0.39 is 5.92 Å². The van der Waals surface area contributed by atoms with Crippen molar-refractivity contribution in [3.63, 3.8) is 0 Å². The second-order valence-corrected chi connectivity index (χ2v) is 7.67. The van der Waals surface area contributed by atoms with Crippen LogP contribution < -0.4 is 10.6 Å². The first-order valence-corrected chi connectivity index (χ1v) is 9.98. The van der Waals surface area contributed by atoms with Gasteiger partial charge in [-0.3, -0.25) is 19.7 Å². The maximum Gasteiger partial charge on any atom is 0.291 e. The molecule has 150 valence electrons. The first kappa shape index (κ1) is 17.9. The van der Waals surface area contributed by atoms with E-state index in [4.69, 9.17) is 0 Å². The normalized spacial score (nSPS) is 21.9. The maximum absolute atomic E-state index is 12.8. The SMILES string of the molecule is O=C(NC1CC1)c1n[nH]c([C@H]2CCN3C(=CCN3Cc3ccccc3)NC2=O)n1. The molecule has 2 fully saturated rings. The number of rotatable bonds is 5. The first-order chi connectivity index (χ1) is 14.2. The minimum absolute atomic E-state index is 0.0920. The molecule has 2 aromatic rings. The Balaban J connectivity index is 1.28. The minimum Gasteiger partial charge on any atom is -0.347 e. The van der Waals surface area contributed by atoms with Gasteiger partial charge in [-0.25, -0.2) is 9.99 Å². The summed E-state index contributed by atoms with van der Waals surface area (Å²) in [5.41, 5.74) is 1.22. The highest BCUT2D eigenvalue weighted by atomic mass is 16.2. The Bertz CT molecular complexity index is 951. The molecule has 0 spiro atoms. The van der Waals surface area contributed by atoms with Gasteiger partial charge in [-0.2, -0.15) is 0 Å². The molecule has 1 saturated carbocycles. The average molecular weight is 393 g/mol. The lowest BCUT2D eigenvalue weighted by molar-refractivity contribution is -0.122. The van der Waals surface area contributed by atoms with Crippen molar-refractivity contribution in [1.29, 1.82) is 0 Å². The number of aromatic nitrogens is 3. The monoisotopic (exact) mass is 393 g/mol. The molecule has 1 saturated heterocycles. The molecule has 0 unspecified atom stereocenters. The van der Waals surface area contributed by atoms with Crippen LogP contribution >= 0.6 is 0 Å². The van der Waals surface area contributed by atoms with Gasteiger partial charge >= 0.3 is 0 Å². The number of aromatic amines is 1. The third-order valence-corrected chi connectivity index (χ3v) is 5.47. The van der Waals surface area contributed by atoms with Crippen molar-refractivity contribution < 1.29 is 9.59 Å². The highest BCUT2D eigenvalue weighted by Gasteiger charge is 2.35. The molecule has 9 nitrogen and oxygen atoms in total. The standard InChI is InChI=1S/C20H23N7O2/c28-19-15(17-23-18(25-24-17)20(29)21-14-6-7-14)8-11-27-16(22-19)9-10-26(27)12-13-4-2-1-3-5-13/h1-5,9,14-15H,6-8,10-12H2,(H,21,29)(H,22,28)(H,23,24,25)/t15-/m1/s1. The lowest BCUT2D eigenvalue weighted by Crippen LogP contribution is -2.40. The van der Waals surface area contributed by atoms with Crippen molar-refractivity contribution in [2.45, 2.75) is 37.8 Å². The fourth-order valence-corrected chi connectivity index (χ4v) is 3.74. The van der Waals surface area contributed by atoms with Crippen LogP contribution in [0.1, 0.15) is 47.2 Å². The summed E-state index contributed by atoms with van der Waals surface area (Å²) in [4.78, 5) is 29.2. The van der Waals surface area contributed by atoms with Crippen LogP contribution in [0.5, 0.6) is 0 Å². The van der Waals surface area contributed by atoms with Crippen LogP contribution in [0.4, 0.5) is 0 Å². The van der Waals surface area contributed by atoms with E-state index in [0.29, 0.717) is 18.8 Å². The number of benzene rings is 1. The summed E-state index contributed by atoms with van der Waals surface area (Å²) in [6, 6.07) is 10.5. The van der Waals surface area contributed by atoms with Gasteiger partial charge < -0.3 is 10.6 Å². The van der Waals surface area contributed by atoms with E-state index >= 15 is 0 Å². The van der Waals surface area contributed by atoms with Crippen LogP contribution in [0.3, 0.4) is 0 Å². The molecule has 0 radical (unpaired) electrons. The van der Waals surface area contributed by atoms with Crippen molar-refractivity contribution >= 4 is 11.8 Å². The number of nitrogens with zero attached hydrogens (tertiary/aromatic N) is 4. The summed E-state index contributed by atoms with van der Waals surface area (Å²) >= 11 is 0. The summed E-state index contributed by atoms with van der Waals surface area (Å²) in [5, 5.41) is 17.0. The molecule has 3 N–H and O–H groups in total. The highest BCUT2D eigenvalue weighted by molar-refractivity contribution is 5.91. The number of carbonyl (C=O) groups excluding carboxylic acids is 2. The molecule has 2 aliphatic heterocycles. The van der Waals surface area contributed by atoms with E-state index in [1.165, 1.54) is 5.56 Å². The molecule has 5 rings (SSSR count). The molecule has 2 amide bonds. The van der Waals surface area contributed by atoms with Gasteiger partial charge in [0.15, 0.2) is 0 Å². The zero-order chi connectivity index (χ0) is 19.8. The molecule has 0 bridgehead atoms. The zero-order valence-electron chi connectivity index (χ0n) is 16.0. The van der Waals surface area contributed by atoms with E-state index in [1.54, 1.807) is 0 Å². The highest BCUT2D eigenvalue weighted by Crippen LogP contribution is 2.27. The number of carbonyl (C=O) groups is 2. The molecule has 29 heavy (non-hydrogen) atoms. The summed E-state index contributed by atoms with van der Waals surface area (Å²) in [6.45, 7) is 2.20. The number of hydrogen-bond acceptors (Lipinski definition) is 6. The average Bonchev–Trinajstić information content (AvgIpc) is 3.32. The number of hydrogen-bond donors (Lipinski definition) is 3. The molecule has 3 aliphatic rings. The summed E-state index contributed by atoms with van der Waals surface area (Å²) < 4.78 is 0. The molecular weight excluding hydrogens is 370 g/mol. The van der Waals surface area contributed by atoms with Gasteiger partial charge in [-0.1, -0.05) is 30.3 Å². The molecule has 1 aliphatic carbocycles. The fourth-order valence-electron chi connectivity index (χ4n) is 3.74. The Hall–Kier alpha value is -3.20. The van der Waals surface area contributed by atoms with Crippen LogP contribution in [0.2, 0.25) is 0 Å². The predicted molar refractivity (Wildman–Crippen MR) is 104 cm³/mol. The number of nitrogens with one attached hydrogen (secondary N) is 3. The summed E-state index contributed by atoms with van der Waals surface area (Å²) in [6.07, 6.45) is 4.60. The van der Waals surface area contributed by atoms with Gasteiger partial charge in [-0.15, -0.1) is 5.10 Å². The van der Waals surface area contributed by atoms with Crippen molar-refractivity contribution in [1.82, 2.24) is 35.8 Å². The second-order valence-electron chi connectivity index (χ2n) is 7.67. The van der Waals surface area contributed by atoms with Crippen molar-refractivity contribution in [3.05, 3.63) is 59.4 Å². The van der Waals surface area contributed by atoms with Gasteiger partial charge in [0.1, 0.15) is 11.6 Å². The second kappa shape index (κ2) is 7.32. The van der Waals surface area contributed by atoms with Gasteiger partial charge in [0, 0.05) is 25.7 Å². The van der Waals surface area contributed by atoms with Crippen LogP contribution in [0, 0.1) is 0 Å². The van der Waals surface area contributed by atoms with E-state index in [2.05, 4.69) is 48.0 Å². The Morgan fingerprint density at radius 1 is 1.21 bits per heavy atom. The Morgan fingerprint density at radius 3 is 2.83 bits per heavy atom. The molecule has 1 atom stereocenters. The van der Waals surface area contributed by atoms with Gasteiger partial charge in [0.05, 0.1) is 5.92 Å². The quantitative estimate of drug-likeness (QED) is 0.696. The van der Waals surface area contributed by atoms with Crippen LogP contribution in [-0.4, -0.2) is 56.1 Å². The number of fused-ring (bicyclic) bond motifs is 1. The third kappa shape index (κ3) is 3.73. The smallest absolute Gasteiger partial charge is 0.291 e. The van der Waals surface area contributed by atoms with E-state index in [-0.39, 0.29) is 23.7 Å². The fraction of sp³-hybridized carbons (Fsp3) is 0.400. The van der Waals surface area contributed by atoms with Gasteiger partial charge in [0.25, 0.3) is 5.91 Å².